The number of likely N-dealkylation sites (N-methyl/N-ethyl adjacent to an activating group) is 1. The van der Waals surface area contributed by atoms with Gasteiger partial charge in [0.25, 0.3) is 11.7 Å². The van der Waals surface area contributed by atoms with Crippen LogP contribution in [0.15, 0.2) is 22.6 Å². The first-order valence-corrected chi connectivity index (χ1v) is 6.13. The van der Waals surface area contributed by atoms with Crippen molar-refractivity contribution in [1.82, 2.24) is 10.3 Å². The van der Waals surface area contributed by atoms with Gasteiger partial charge < -0.3 is 14.6 Å². The summed E-state index contributed by atoms with van der Waals surface area (Å²) in [6, 6.07) is 5.30. The van der Waals surface area contributed by atoms with E-state index in [1.54, 1.807) is 6.07 Å². The van der Waals surface area contributed by atoms with E-state index in [9.17, 15) is 10.1 Å². The molecule has 1 aliphatic rings. The largest absolute Gasteiger partial charge is 0.423 e. The van der Waals surface area contributed by atoms with Crippen LogP contribution in [0.1, 0.15) is 6.42 Å². The normalized spacial score (nSPS) is 17.9. The Morgan fingerprint density at radius 2 is 2.35 bits per heavy atom. The lowest BCUT2D eigenvalue weighted by Crippen LogP contribution is -2.33. The number of nitrogens with one attached hydrogen (secondary N) is 1. The maximum Gasteiger partial charge on any atom is 0.298 e. The van der Waals surface area contributed by atoms with Crippen molar-refractivity contribution in [3.8, 4) is 0 Å². The van der Waals surface area contributed by atoms with E-state index < -0.39 is 4.92 Å². The topological polar surface area (TPSA) is 84.4 Å². The summed E-state index contributed by atoms with van der Waals surface area (Å²) in [6.07, 6.45) is 1.04. The van der Waals surface area contributed by atoms with Crippen molar-refractivity contribution in [2.24, 2.45) is 0 Å². The molecule has 1 aliphatic heterocycles. The Morgan fingerprint density at radius 1 is 1.55 bits per heavy atom. The smallest absolute Gasteiger partial charge is 0.298 e. The molecule has 0 bridgehead atoms. The third-order valence-corrected chi connectivity index (χ3v) is 3.45. The van der Waals surface area contributed by atoms with Crippen molar-refractivity contribution < 1.29 is 9.34 Å². The van der Waals surface area contributed by atoms with Crippen LogP contribution in [0.25, 0.3) is 11.1 Å². The number of nitro groups is 1. The molecular weight excluding hydrogens is 284 g/mol. The van der Waals surface area contributed by atoms with E-state index in [0.29, 0.717) is 23.2 Å². The number of rotatable bonds is 3. The van der Waals surface area contributed by atoms with Gasteiger partial charge in [-0.1, -0.05) is 0 Å². The van der Waals surface area contributed by atoms with E-state index in [1.165, 1.54) is 12.1 Å². The molecule has 108 valence electrons. The summed E-state index contributed by atoms with van der Waals surface area (Å²) >= 11 is 0. The number of hydrogen-bond acceptors (Lipinski definition) is 6. The van der Waals surface area contributed by atoms with Crippen LogP contribution in [-0.4, -0.2) is 36.1 Å². The number of nitrogens with zero attached hydrogens (tertiary/aromatic N) is 3. The van der Waals surface area contributed by atoms with Crippen molar-refractivity contribution in [2.75, 3.05) is 25.0 Å². The molecule has 1 aromatic heterocycles. The summed E-state index contributed by atoms with van der Waals surface area (Å²) in [5, 5.41) is 14.0. The second-order valence-corrected chi connectivity index (χ2v) is 4.66. The quantitative estimate of drug-likeness (QED) is 0.689. The van der Waals surface area contributed by atoms with Gasteiger partial charge in [-0.05, 0) is 19.0 Å². The van der Waals surface area contributed by atoms with Crippen molar-refractivity contribution in [3.05, 3.63) is 28.3 Å². The van der Waals surface area contributed by atoms with E-state index in [0.717, 1.165) is 19.5 Å². The van der Waals surface area contributed by atoms with E-state index in [2.05, 4.69) is 10.3 Å². The zero-order chi connectivity index (χ0) is 13.4. The van der Waals surface area contributed by atoms with Gasteiger partial charge in [0.05, 0.1) is 4.92 Å². The number of anilines is 1. The summed E-state index contributed by atoms with van der Waals surface area (Å²) in [5.41, 5.74) is 1.11. The number of oxazole rings is 1. The fourth-order valence-corrected chi connectivity index (χ4v) is 2.29. The minimum absolute atomic E-state index is 0. The van der Waals surface area contributed by atoms with Crippen molar-refractivity contribution in [1.29, 1.82) is 0 Å². The van der Waals surface area contributed by atoms with Gasteiger partial charge in [-0.25, -0.2) is 0 Å². The second-order valence-electron chi connectivity index (χ2n) is 4.66. The minimum Gasteiger partial charge on any atom is -0.423 e. The molecular formula is C12H15ClN4O3. The van der Waals surface area contributed by atoms with Crippen molar-refractivity contribution >= 4 is 35.2 Å². The van der Waals surface area contributed by atoms with Crippen molar-refractivity contribution in [2.45, 2.75) is 12.5 Å². The minimum atomic E-state index is -0.432. The van der Waals surface area contributed by atoms with E-state index in [4.69, 9.17) is 4.42 Å². The third-order valence-electron chi connectivity index (χ3n) is 3.45. The van der Waals surface area contributed by atoms with Gasteiger partial charge in [-0.2, -0.15) is 4.98 Å². The Balaban J connectivity index is 0.00000147. The van der Waals surface area contributed by atoms with E-state index >= 15 is 0 Å². The maximum atomic E-state index is 10.7. The molecule has 0 aliphatic carbocycles. The lowest BCUT2D eigenvalue weighted by molar-refractivity contribution is -0.384. The predicted octanol–water partition coefficient (Wildman–Crippen LogP) is 1.96. The van der Waals surface area contributed by atoms with Gasteiger partial charge >= 0.3 is 0 Å². The molecule has 7 nitrogen and oxygen atoms in total. The summed E-state index contributed by atoms with van der Waals surface area (Å²) in [5.74, 6) is 0. The van der Waals surface area contributed by atoms with Gasteiger partial charge in [0.15, 0.2) is 5.58 Å². The SMILES string of the molecule is CN(c1nc2cc([N+](=O)[O-])ccc2o1)C1CCNC1.Cl. The number of hydrogen-bond donors (Lipinski definition) is 1. The number of benzene rings is 1. The first-order valence-electron chi connectivity index (χ1n) is 6.13. The van der Waals surface area contributed by atoms with Crippen LogP contribution in [0.5, 0.6) is 0 Å². The fraction of sp³-hybridized carbons (Fsp3) is 0.417. The summed E-state index contributed by atoms with van der Waals surface area (Å²) in [7, 11) is 1.93. The molecule has 3 rings (SSSR count). The van der Waals surface area contributed by atoms with Gasteiger partial charge in [0, 0.05) is 31.8 Å². The number of halogens is 1. The zero-order valence-corrected chi connectivity index (χ0v) is 11.7. The van der Waals surface area contributed by atoms with Crippen LogP contribution in [0.2, 0.25) is 0 Å². The number of fused-ring (bicyclic) bond motifs is 1. The number of non-ortho nitro benzene ring substituents is 1. The molecule has 2 aromatic rings. The molecule has 0 saturated carbocycles. The highest BCUT2D eigenvalue weighted by molar-refractivity contribution is 5.85. The molecule has 8 heteroatoms. The van der Waals surface area contributed by atoms with Gasteiger partial charge in [0.1, 0.15) is 5.52 Å². The van der Waals surface area contributed by atoms with Crippen LogP contribution < -0.4 is 10.2 Å². The van der Waals surface area contributed by atoms with Crippen LogP contribution in [0.4, 0.5) is 11.7 Å². The number of nitro benzene ring substituents is 1. The molecule has 1 N–H and O–H groups in total. The van der Waals surface area contributed by atoms with Gasteiger partial charge in [-0.3, -0.25) is 10.1 Å². The molecule has 20 heavy (non-hydrogen) atoms. The van der Waals surface area contributed by atoms with Crippen LogP contribution in [0.3, 0.4) is 0 Å². The first kappa shape index (κ1) is 14.5. The first-order chi connectivity index (χ1) is 9.15. The highest BCUT2D eigenvalue weighted by atomic mass is 35.5. The van der Waals surface area contributed by atoms with Crippen LogP contribution in [-0.2, 0) is 0 Å². The Morgan fingerprint density at radius 3 is 3.00 bits per heavy atom. The molecule has 1 aromatic carbocycles. The Labute approximate surface area is 121 Å². The monoisotopic (exact) mass is 298 g/mol. The standard InChI is InChI=1S/C12H14N4O3.ClH/c1-15(9-4-5-13-7-9)12-14-10-6-8(16(17)18)2-3-11(10)19-12;/h2-3,6,9,13H,4-5,7H2,1H3;1H. The lowest BCUT2D eigenvalue weighted by Gasteiger charge is -2.21. The van der Waals surface area contributed by atoms with Crippen LogP contribution in [0, 0.1) is 10.1 Å². The molecule has 0 radical (unpaired) electrons. The summed E-state index contributed by atoms with van der Waals surface area (Å²) in [6.45, 7) is 1.88. The molecule has 1 atom stereocenters. The molecule has 0 amide bonds. The van der Waals surface area contributed by atoms with Crippen LogP contribution >= 0.6 is 12.4 Å². The van der Waals surface area contributed by atoms with Gasteiger partial charge in [-0.15, -0.1) is 12.4 Å². The average molecular weight is 299 g/mol. The maximum absolute atomic E-state index is 10.7. The fourth-order valence-electron chi connectivity index (χ4n) is 2.29. The predicted molar refractivity (Wildman–Crippen MR) is 77.6 cm³/mol. The Bertz CT molecular complexity index is 624. The highest BCUT2D eigenvalue weighted by Crippen LogP contribution is 2.26. The lowest BCUT2D eigenvalue weighted by atomic mass is 10.2. The molecule has 0 spiro atoms. The summed E-state index contributed by atoms with van der Waals surface area (Å²) < 4.78 is 5.64. The molecule has 1 fully saturated rings. The highest BCUT2D eigenvalue weighted by Gasteiger charge is 2.23. The van der Waals surface area contributed by atoms with Gasteiger partial charge in [0.2, 0.25) is 0 Å². The second kappa shape index (κ2) is 5.64. The number of aromatic nitrogens is 1. The summed E-state index contributed by atoms with van der Waals surface area (Å²) in [4.78, 5) is 16.6. The Hall–Kier alpha value is -1.86. The zero-order valence-electron chi connectivity index (χ0n) is 10.9. The van der Waals surface area contributed by atoms with E-state index in [-0.39, 0.29) is 18.1 Å². The Kier molecular flexibility index (Phi) is 4.10. The third kappa shape index (κ3) is 2.54. The van der Waals surface area contributed by atoms with E-state index in [1.807, 2.05) is 11.9 Å². The average Bonchev–Trinajstić information content (AvgIpc) is 3.06. The van der Waals surface area contributed by atoms with Crippen molar-refractivity contribution in [3.63, 3.8) is 0 Å². The molecule has 2 heterocycles. The molecule has 1 unspecified atom stereocenters. The molecule has 1 saturated heterocycles.